The van der Waals surface area contributed by atoms with Crippen molar-refractivity contribution in [2.45, 2.75) is 6.42 Å². The van der Waals surface area contributed by atoms with Gasteiger partial charge in [-0.05, 0) is 23.6 Å². The Bertz CT molecular complexity index is 391. The summed E-state index contributed by atoms with van der Waals surface area (Å²) >= 11 is 0. The average Bonchev–Trinajstić information content (AvgIpc) is 2.19. The van der Waals surface area contributed by atoms with Crippen molar-refractivity contribution in [3.63, 3.8) is 0 Å². The molecule has 0 saturated carbocycles. The van der Waals surface area contributed by atoms with E-state index in [2.05, 4.69) is 47.6 Å². The van der Waals surface area contributed by atoms with Crippen LogP contribution in [0, 0.1) is 0 Å². The van der Waals surface area contributed by atoms with Gasteiger partial charge >= 0.3 is 0 Å². The van der Waals surface area contributed by atoms with Crippen molar-refractivity contribution < 1.29 is 0 Å². The molecule has 0 unspecified atom stereocenters. The van der Waals surface area contributed by atoms with E-state index in [1.165, 1.54) is 16.8 Å². The van der Waals surface area contributed by atoms with E-state index >= 15 is 0 Å². The van der Waals surface area contributed by atoms with Gasteiger partial charge in [0.15, 0.2) is 0 Å². The highest BCUT2D eigenvalue weighted by molar-refractivity contribution is 5.54. The van der Waals surface area contributed by atoms with E-state index in [1.807, 2.05) is 0 Å². The van der Waals surface area contributed by atoms with E-state index in [4.69, 9.17) is 0 Å². The van der Waals surface area contributed by atoms with E-state index in [9.17, 15) is 0 Å². The summed E-state index contributed by atoms with van der Waals surface area (Å²) in [4.78, 5) is 2.31. The Labute approximate surface area is 78.0 Å². The Morgan fingerprint density at radius 1 is 1.15 bits per heavy atom. The minimum Gasteiger partial charge on any atom is -0.343 e. The molecule has 3 aliphatic rings. The number of hydrogen-bond donors (Lipinski definition) is 0. The minimum atomic E-state index is 1.01. The smallest absolute Gasteiger partial charge is 0.0518 e. The zero-order chi connectivity index (χ0) is 8.67. The first kappa shape index (κ1) is 6.96. The van der Waals surface area contributed by atoms with Crippen LogP contribution in [0.25, 0.3) is 0 Å². The average molecular weight is 169 g/mol. The van der Waals surface area contributed by atoms with Crippen LogP contribution in [0.1, 0.15) is 6.42 Å². The summed E-state index contributed by atoms with van der Waals surface area (Å²) in [5.74, 6) is 0. The zero-order valence-electron chi connectivity index (χ0n) is 7.40. The molecular formula is C12H11N. The van der Waals surface area contributed by atoms with Crippen molar-refractivity contribution in [2.75, 3.05) is 6.54 Å². The molecule has 0 aromatic heterocycles. The molecule has 0 spiro atoms. The molecule has 0 saturated heterocycles. The zero-order valence-corrected chi connectivity index (χ0v) is 7.40. The maximum absolute atomic E-state index is 2.31. The lowest BCUT2D eigenvalue weighted by atomic mass is 9.93. The van der Waals surface area contributed by atoms with E-state index in [0.29, 0.717) is 0 Å². The predicted molar refractivity (Wildman–Crippen MR) is 53.9 cm³/mol. The molecule has 13 heavy (non-hydrogen) atoms. The maximum atomic E-state index is 2.31. The van der Waals surface area contributed by atoms with Gasteiger partial charge in [-0.3, -0.25) is 0 Å². The molecule has 0 bridgehead atoms. The Hall–Kier alpha value is -1.50. The van der Waals surface area contributed by atoms with Crippen molar-refractivity contribution in [2.24, 2.45) is 0 Å². The highest BCUT2D eigenvalue weighted by Crippen LogP contribution is 2.32. The third-order valence-corrected chi connectivity index (χ3v) is 2.66. The fourth-order valence-electron chi connectivity index (χ4n) is 2.09. The number of rotatable bonds is 0. The molecule has 64 valence electrons. The Morgan fingerprint density at radius 3 is 3.15 bits per heavy atom. The van der Waals surface area contributed by atoms with E-state index in [1.54, 1.807) is 0 Å². The summed E-state index contributed by atoms with van der Waals surface area (Å²) in [6, 6.07) is 0. The molecule has 0 fully saturated rings. The Morgan fingerprint density at radius 2 is 2.15 bits per heavy atom. The van der Waals surface area contributed by atoms with Crippen molar-refractivity contribution in [1.82, 2.24) is 4.90 Å². The lowest BCUT2D eigenvalue weighted by molar-refractivity contribution is 0.508. The molecule has 0 atom stereocenters. The minimum absolute atomic E-state index is 1.01. The van der Waals surface area contributed by atoms with E-state index < -0.39 is 0 Å². The first-order valence-corrected chi connectivity index (χ1v) is 4.67. The van der Waals surface area contributed by atoms with Crippen LogP contribution in [0.2, 0.25) is 0 Å². The summed E-state index contributed by atoms with van der Waals surface area (Å²) in [6.45, 7) is 1.01. The second kappa shape index (κ2) is 2.49. The van der Waals surface area contributed by atoms with Crippen LogP contribution in [0.5, 0.6) is 0 Å². The van der Waals surface area contributed by atoms with Gasteiger partial charge in [0, 0.05) is 12.7 Å². The van der Waals surface area contributed by atoms with Gasteiger partial charge in [-0.1, -0.05) is 30.4 Å². The third kappa shape index (κ3) is 0.934. The van der Waals surface area contributed by atoms with Gasteiger partial charge in [0.2, 0.25) is 0 Å². The molecule has 1 heteroatoms. The van der Waals surface area contributed by atoms with Crippen LogP contribution in [0.15, 0.2) is 59.5 Å². The molecule has 0 aromatic carbocycles. The van der Waals surface area contributed by atoms with Gasteiger partial charge in [-0.2, -0.15) is 0 Å². The lowest BCUT2D eigenvalue weighted by Gasteiger charge is -2.32. The molecule has 0 amide bonds. The molecule has 0 aromatic rings. The summed E-state index contributed by atoms with van der Waals surface area (Å²) in [6.07, 6.45) is 16.5. The van der Waals surface area contributed by atoms with Crippen LogP contribution >= 0.6 is 0 Å². The standard InChI is InChI=1S/C12H11N/c1-4-10-6-2-8-13-9-3-7-11(5-1)12(10)13/h1-4,6-8H,5,9H2. The largest absolute Gasteiger partial charge is 0.343 e. The van der Waals surface area contributed by atoms with Gasteiger partial charge in [-0.15, -0.1) is 0 Å². The number of allylic oxidation sites excluding steroid dienone is 6. The van der Waals surface area contributed by atoms with Gasteiger partial charge in [0.05, 0.1) is 5.70 Å². The van der Waals surface area contributed by atoms with Crippen LogP contribution < -0.4 is 0 Å². The number of hydrogen-bond acceptors (Lipinski definition) is 1. The van der Waals surface area contributed by atoms with Crippen molar-refractivity contribution in [1.29, 1.82) is 0 Å². The molecule has 2 aliphatic heterocycles. The third-order valence-electron chi connectivity index (χ3n) is 2.66. The van der Waals surface area contributed by atoms with Crippen molar-refractivity contribution in [3.05, 3.63) is 59.5 Å². The summed E-state index contributed by atoms with van der Waals surface area (Å²) < 4.78 is 0. The molecule has 0 radical (unpaired) electrons. The second-order valence-electron chi connectivity index (χ2n) is 3.50. The fraction of sp³-hybridized carbons (Fsp3) is 0.167. The predicted octanol–water partition coefficient (Wildman–Crippen LogP) is 2.53. The molecule has 0 N–H and O–H groups in total. The highest BCUT2D eigenvalue weighted by atomic mass is 15.1. The van der Waals surface area contributed by atoms with Crippen molar-refractivity contribution >= 4 is 0 Å². The molecule has 3 rings (SSSR count). The first-order chi connectivity index (χ1) is 6.45. The molecular weight excluding hydrogens is 158 g/mol. The van der Waals surface area contributed by atoms with Crippen LogP contribution in [-0.4, -0.2) is 11.4 Å². The highest BCUT2D eigenvalue weighted by Gasteiger charge is 2.20. The van der Waals surface area contributed by atoms with E-state index in [-0.39, 0.29) is 0 Å². The number of nitrogens with zero attached hydrogens (tertiary/aromatic N) is 1. The lowest BCUT2D eigenvalue weighted by Crippen LogP contribution is -2.24. The fourth-order valence-corrected chi connectivity index (χ4v) is 2.09. The first-order valence-electron chi connectivity index (χ1n) is 4.67. The molecule has 1 nitrogen and oxygen atoms in total. The summed E-state index contributed by atoms with van der Waals surface area (Å²) in [5.41, 5.74) is 4.21. The van der Waals surface area contributed by atoms with Crippen LogP contribution in [-0.2, 0) is 0 Å². The van der Waals surface area contributed by atoms with Crippen LogP contribution in [0.3, 0.4) is 0 Å². The Balaban J connectivity index is 2.19. The summed E-state index contributed by atoms with van der Waals surface area (Å²) in [7, 11) is 0. The van der Waals surface area contributed by atoms with E-state index in [0.717, 1.165) is 13.0 Å². The Kier molecular flexibility index (Phi) is 1.33. The normalized spacial score (nSPS) is 23.4. The van der Waals surface area contributed by atoms with Crippen molar-refractivity contribution in [3.8, 4) is 0 Å². The topological polar surface area (TPSA) is 3.24 Å². The molecule has 2 heterocycles. The van der Waals surface area contributed by atoms with Gasteiger partial charge in [0.1, 0.15) is 0 Å². The van der Waals surface area contributed by atoms with Gasteiger partial charge in [-0.25, -0.2) is 0 Å². The quantitative estimate of drug-likeness (QED) is 0.538. The monoisotopic (exact) mass is 169 g/mol. The second-order valence-corrected chi connectivity index (χ2v) is 3.50. The maximum Gasteiger partial charge on any atom is 0.0518 e. The van der Waals surface area contributed by atoms with Crippen LogP contribution in [0.4, 0.5) is 0 Å². The summed E-state index contributed by atoms with van der Waals surface area (Å²) in [5, 5.41) is 0. The van der Waals surface area contributed by atoms with Gasteiger partial charge in [0.25, 0.3) is 0 Å². The van der Waals surface area contributed by atoms with Gasteiger partial charge < -0.3 is 4.90 Å². The SMILES string of the molecule is C1=CN2CC=CC3=C2C(=C1)C=CC3. The molecule has 1 aliphatic carbocycles.